The highest BCUT2D eigenvalue weighted by molar-refractivity contribution is 5.72. The lowest BCUT2D eigenvalue weighted by Crippen LogP contribution is -2.38. The number of nitrogens with zero attached hydrogens (tertiary/aromatic N) is 3. The molecule has 110 valence electrons. The number of methoxy groups -OCH3 is 1. The van der Waals surface area contributed by atoms with Crippen molar-refractivity contribution in [1.82, 2.24) is 19.1 Å². The second-order valence-corrected chi connectivity index (χ2v) is 4.46. The average molecular weight is 281 g/mol. The van der Waals surface area contributed by atoms with E-state index in [9.17, 15) is 9.59 Å². The number of hydrogen-bond donors (Lipinski definition) is 2. The summed E-state index contributed by atoms with van der Waals surface area (Å²) in [5.41, 5.74) is -0.0246. The van der Waals surface area contributed by atoms with Crippen LogP contribution in [0.3, 0.4) is 0 Å². The molecule has 0 atom stereocenters. The Morgan fingerprint density at radius 1 is 1.40 bits per heavy atom. The minimum atomic E-state index is -0.371. The van der Waals surface area contributed by atoms with Crippen LogP contribution in [0.1, 0.15) is 13.3 Å². The van der Waals surface area contributed by atoms with Gasteiger partial charge >= 0.3 is 5.69 Å². The van der Waals surface area contributed by atoms with E-state index < -0.39 is 0 Å². The maximum absolute atomic E-state index is 12.2. The van der Waals surface area contributed by atoms with E-state index in [4.69, 9.17) is 4.74 Å². The molecule has 2 rings (SSSR count). The third-order valence-corrected chi connectivity index (χ3v) is 3.05. The van der Waals surface area contributed by atoms with Gasteiger partial charge in [0.2, 0.25) is 5.95 Å². The molecule has 0 aliphatic carbocycles. The van der Waals surface area contributed by atoms with Gasteiger partial charge in [-0.1, -0.05) is 0 Å². The summed E-state index contributed by atoms with van der Waals surface area (Å²) in [7, 11) is 3.07. The number of anilines is 1. The molecule has 0 aromatic carbocycles. The predicted molar refractivity (Wildman–Crippen MR) is 76.3 cm³/mol. The second-order valence-electron chi connectivity index (χ2n) is 4.46. The Morgan fingerprint density at radius 2 is 2.15 bits per heavy atom. The second kappa shape index (κ2) is 5.91. The van der Waals surface area contributed by atoms with Crippen molar-refractivity contribution in [1.29, 1.82) is 0 Å². The van der Waals surface area contributed by atoms with E-state index in [1.54, 1.807) is 7.11 Å². The zero-order valence-corrected chi connectivity index (χ0v) is 11.9. The number of nitrogens with one attached hydrogen (secondary N) is 2. The molecular formula is C12H19N5O3. The molecule has 2 heterocycles. The zero-order valence-electron chi connectivity index (χ0n) is 11.9. The summed E-state index contributed by atoms with van der Waals surface area (Å²) >= 11 is 0. The van der Waals surface area contributed by atoms with Crippen LogP contribution in [-0.2, 0) is 18.3 Å². The van der Waals surface area contributed by atoms with Crippen molar-refractivity contribution < 1.29 is 4.74 Å². The molecule has 0 saturated carbocycles. The number of imidazole rings is 1. The topological polar surface area (TPSA) is 93.9 Å². The fraction of sp³-hybridized carbons (Fsp3) is 0.583. The molecule has 2 aromatic rings. The highest BCUT2D eigenvalue weighted by atomic mass is 16.5. The maximum Gasteiger partial charge on any atom is 0.332 e. The van der Waals surface area contributed by atoms with Crippen LogP contribution < -0.4 is 16.6 Å². The van der Waals surface area contributed by atoms with Crippen LogP contribution in [0.15, 0.2) is 9.59 Å². The van der Waals surface area contributed by atoms with E-state index in [1.807, 2.05) is 6.92 Å². The molecule has 0 aliphatic rings. The van der Waals surface area contributed by atoms with Crippen LogP contribution in [0.2, 0.25) is 0 Å². The van der Waals surface area contributed by atoms with Gasteiger partial charge in [-0.2, -0.15) is 4.98 Å². The zero-order chi connectivity index (χ0) is 14.7. The number of aromatic nitrogens is 4. The Hall–Kier alpha value is -2.09. The van der Waals surface area contributed by atoms with Crippen LogP contribution in [0.25, 0.3) is 11.2 Å². The molecule has 0 amide bonds. The van der Waals surface area contributed by atoms with Crippen LogP contribution in [0.5, 0.6) is 0 Å². The molecule has 0 spiro atoms. The first-order chi connectivity index (χ1) is 9.60. The van der Waals surface area contributed by atoms with Crippen LogP contribution in [0.4, 0.5) is 5.95 Å². The monoisotopic (exact) mass is 281 g/mol. The lowest BCUT2D eigenvalue weighted by molar-refractivity contribution is 0.190. The van der Waals surface area contributed by atoms with Crippen LogP contribution in [-0.4, -0.2) is 39.4 Å². The molecule has 2 aromatic heterocycles. The van der Waals surface area contributed by atoms with Crippen LogP contribution in [0, 0.1) is 0 Å². The van der Waals surface area contributed by atoms with Gasteiger partial charge in [-0.15, -0.1) is 0 Å². The fourth-order valence-corrected chi connectivity index (χ4v) is 2.05. The van der Waals surface area contributed by atoms with Crippen molar-refractivity contribution in [2.45, 2.75) is 19.9 Å². The third-order valence-electron chi connectivity index (χ3n) is 3.05. The molecule has 0 saturated heterocycles. The Bertz CT molecular complexity index is 712. The molecular weight excluding hydrogens is 262 g/mol. The number of aromatic amines is 1. The van der Waals surface area contributed by atoms with Crippen molar-refractivity contribution in [3.63, 3.8) is 0 Å². The Labute approximate surface area is 115 Å². The summed E-state index contributed by atoms with van der Waals surface area (Å²) in [4.78, 5) is 31.5. The average Bonchev–Trinajstić information content (AvgIpc) is 2.84. The summed E-state index contributed by atoms with van der Waals surface area (Å²) in [6.07, 6.45) is 0.674. The first-order valence-corrected chi connectivity index (χ1v) is 6.52. The number of H-pyrrole nitrogens is 1. The minimum absolute atomic E-state index is 0.334. The van der Waals surface area contributed by atoms with E-state index in [0.29, 0.717) is 43.2 Å². The van der Waals surface area contributed by atoms with Crippen molar-refractivity contribution in [2.75, 3.05) is 25.6 Å². The van der Waals surface area contributed by atoms with Gasteiger partial charge in [0.1, 0.15) is 0 Å². The summed E-state index contributed by atoms with van der Waals surface area (Å²) in [6.45, 7) is 3.60. The Kier molecular flexibility index (Phi) is 4.23. The molecule has 2 N–H and O–H groups in total. The van der Waals surface area contributed by atoms with Gasteiger partial charge in [0, 0.05) is 33.9 Å². The van der Waals surface area contributed by atoms with Gasteiger partial charge in [0.15, 0.2) is 11.2 Å². The quantitative estimate of drug-likeness (QED) is 0.721. The molecule has 0 aliphatic heterocycles. The molecule has 20 heavy (non-hydrogen) atoms. The standard InChI is InChI=1S/C12H19N5O3/c1-4-13-11-14-8-9(15-11)17(6-5-7-20-3)12(19)16(2)10(8)18/h4-7H2,1-3H3,(H2,13,14,15). The lowest BCUT2D eigenvalue weighted by atomic mass is 10.4. The van der Waals surface area contributed by atoms with E-state index >= 15 is 0 Å². The molecule has 0 fully saturated rings. The number of rotatable bonds is 6. The first kappa shape index (κ1) is 14.3. The highest BCUT2D eigenvalue weighted by Gasteiger charge is 2.14. The van der Waals surface area contributed by atoms with E-state index in [2.05, 4.69) is 15.3 Å². The van der Waals surface area contributed by atoms with Gasteiger partial charge in [0.05, 0.1) is 0 Å². The summed E-state index contributed by atoms with van der Waals surface area (Å²) in [6, 6.07) is 0. The van der Waals surface area contributed by atoms with Crippen molar-refractivity contribution in [3.8, 4) is 0 Å². The van der Waals surface area contributed by atoms with Gasteiger partial charge in [-0.25, -0.2) is 4.79 Å². The molecule has 8 heteroatoms. The van der Waals surface area contributed by atoms with Crippen LogP contribution >= 0.6 is 0 Å². The van der Waals surface area contributed by atoms with E-state index in [0.717, 1.165) is 4.57 Å². The summed E-state index contributed by atoms with van der Waals surface area (Å²) < 4.78 is 7.57. The molecule has 0 bridgehead atoms. The number of hydrogen-bond acceptors (Lipinski definition) is 5. The predicted octanol–water partition coefficient (Wildman–Crippen LogP) is -0.108. The normalized spacial score (nSPS) is 11.2. The third kappa shape index (κ3) is 2.46. The van der Waals surface area contributed by atoms with Gasteiger partial charge in [-0.3, -0.25) is 13.9 Å². The largest absolute Gasteiger partial charge is 0.385 e. The fourth-order valence-electron chi connectivity index (χ4n) is 2.05. The van der Waals surface area contributed by atoms with Gasteiger partial charge in [-0.05, 0) is 13.3 Å². The minimum Gasteiger partial charge on any atom is -0.385 e. The maximum atomic E-state index is 12.2. The molecule has 8 nitrogen and oxygen atoms in total. The van der Waals surface area contributed by atoms with Crippen molar-refractivity contribution >= 4 is 17.1 Å². The number of ether oxygens (including phenoxy) is 1. The smallest absolute Gasteiger partial charge is 0.332 e. The van der Waals surface area contributed by atoms with Gasteiger partial charge < -0.3 is 15.0 Å². The lowest BCUT2D eigenvalue weighted by Gasteiger charge is -2.07. The number of aryl methyl sites for hydroxylation is 1. The first-order valence-electron chi connectivity index (χ1n) is 6.52. The van der Waals surface area contributed by atoms with Gasteiger partial charge in [0.25, 0.3) is 5.56 Å². The molecule has 0 unspecified atom stereocenters. The highest BCUT2D eigenvalue weighted by Crippen LogP contribution is 2.09. The summed E-state index contributed by atoms with van der Waals surface area (Å²) in [5, 5.41) is 3.00. The van der Waals surface area contributed by atoms with E-state index in [-0.39, 0.29) is 11.2 Å². The number of fused-ring (bicyclic) bond motifs is 1. The summed E-state index contributed by atoms with van der Waals surface area (Å²) in [5.74, 6) is 0.491. The Morgan fingerprint density at radius 3 is 2.80 bits per heavy atom. The van der Waals surface area contributed by atoms with Crippen molar-refractivity contribution in [2.24, 2.45) is 7.05 Å². The van der Waals surface area contributed by atoms with E-state index in [1.165, 1.54) is 11.6 Å². The molecule has 0 radical (unpaired) electrons. The SMILES string of the molecule is CCNc1nc2c([nH]1)c(=O)n(C)c(=O)n2CCCOC. The Balaban J connectivity index is 2.58. The van der Waals surface area contributed by atoms with Crippen molar-refractivity contribution in [3.05, 3.63) is 20.8 Å².